The third-order valence-electron chi connectivity index (χ3n) is 2.91. The van der Waals surface area contributed by atoms with E-state index in [1.807, 2.05) is 43.3 Å². The van der Waals surface area contributed by atoms with Crippen LogP contribution in [0.5, 0.6) is 0 Å². The largest absolute Gasteiger partial charge is 0.358 e. The molecule has 86 valence electrons. The Morgan fingerprint density at radius 3 is 2.89 bits per heavy atom. The van der Waals surface area contributed by atoms with Gasteiger partial charge < -0.3 is 4.98 Å². The summed E-state index contributed by atoms with van der Waals surface area (Å²) in [7, 11) is 0. The molecule has 0 saturated carbocycles. The zero-order valence-electron chi connectivity index (χ0n) is 9.81. The van der Waals surface area contributed by atoms with Crippen LogP contribution in [0.25, 0.3) is 22.2 Å². The SMILES string of the molecule is Cc1[nH]c2ccccc2c1-c1ccnc(C#N)n1. The molecule has 0 unspecified atom stereocenters. The van der Waals surface area contributed by atoms with E-state index in [2.05, 4.69) is 15.0 Å². The summed E-state index contributed by atoms with van der Waals surface area (Å²) >= 11 is 0. The molecule has 3 aromatic rings. The molecule has 0 bridgehead atoms. The van der Waals surface area contributed by atoms with E-state index in [4.69, 9.17) is 5.26 Å². The van der Waals surface area contributed by atoms with Crippen molar-refractivity contribution in [3.8, 4) is 17.3 Å². The molecule has 4 heteroatoms. The molecule has 0 radical (unpaired) electrons. The van der Waals surface area contributed by atoms with Crippen molar-refractivity contribution in [3.05, 3.63) is 48.0 Å². The van der Waals surface area contributed by atoms with Gasteiger partial charge in [-0.3, -0.25) is 0 Å². The number of nitrogens with one attached hydrogen (secondary N) is 1. The molecule has 0 amide bonds. The van der Waals surface area contributed by atoms with Gasteiger partial charge in [-0.05, 0) is 19.1 Å². The molecule has 18 heavy (non-hydrogen) atoms. The van der Waals surface area contributed by atoms with Crippen molar-refractivity contribution >= 4 is 10.9 Å². The molecular formula is C14H10N4. The van der Waals surface area contributed by atoms with Crippen LogP contribution in [-0.2, 0) is 0 Å². The van der Waals surface area contributed by atoms with Gasteiger partial charge in [0.1, 0.15) is 6.07 Å². The van der Waals surface area contributed by atoms with Gasteiger partial charge in [-0.25, -0.2) is 9.97 Å². The highest BCUT2D eigenvalue weighted by Crippen LogP contribution is 2.30. The summed E-state index contributed by atoms with van der Waals surface area (Å²) in [6.07, 6.45) is 1.61. The van der Waals surface area contributed by atoms with E-state index in [1.165, 1.54) is 0 Å². The Morgan fingerprint density at radius 1 is 1.22 bits per heavy atom. The molecule has 0 saturated heterocycles. The Bertz CT molecular complexity index is 765. The highest BCUT2D eigenvalue weighted by Gasteiger charge is 2.11. The van der Waals surface area contributed by atoms with Crippen LogP contribution in [0.3, 0.4) is 0 Å². The van der Waals surface area contributed by atoms with Crippen molar-refractivity contribution in [3.63, 3.8) is 0 Å². The van der Waals surface area contributed by atoms with Gasteiger partial charge in [0.2, 0.25) is 5.82 Å². The molecule has 2 heterocycles. The van der Waals surface area contributed by atoms with Crippen LogP contribution in [0.2, 0.25) is 0 Å². The summed E-state index contributed by atoms with van der Waals surface area (Å²) in [4.78, 5) is 11.5. The number of aromatic nitrogens is 3. The number of aryl methyl sites for hydroxylation is 1. The van der Waals surface area contributed by atoms with Gasteiger partial charge in [0.25, 0.3) is 0 Å². The molecule has 0 aliphatic rings. The first-order valence-electron chi connectivity index (χ1n) is 5.60. The number of H-pyrrole nitrogens is 1. The van der Waals surface area contributed by atoms with Crippen LogP contribution in [-0.4, -0.2) is 15.0 Å². The minimum Gasteiger partial charge on any atom is -0.358 e. The number of fused-ring (bicyclic) bond motifs is 1. The number of benzene rings is 1. The first kappa shape index (κ1) is 10.5. The maximum atomic E-state index is 8.86. The van der Waals surface area contributed by atoms with Gasteiger partial charge in [-0.15, -0.1) is 0 Å². The third kappa shape index (κ3) is 1.54. The van der Waals surface area contributed by atoms with Crippen molar-refractivity contribution < 1.29 is 0 Å². The number of hydrogen-bond acceptors (Lipinski definition) is 3. The van der Waals surface area contributed by atoms with Crippen LogP contribution in [0.1, 0.15) is 11.5 Å². The lowest BCUT2D eigenvalue weighted by molar-refractivity contribution is 1.11. The maximum absolute atomic E-state index is 8.86. The zero-order chi connectivity index (χ0) is 12.5. The number of aromatic amines is 1. The Hall–Kier alpha value is -2.67. The minimum atomic E-state index is 0.192. The third-order valence-corrected chi connectivity index (χ3v) is 2.91. The molecule has 1 aromatic carbocycles. The summed E-state index contributed by atoms with van der Waals surface area (Å²) in [5.41, 5.74) is 3.92. The topological polar surface area (TPSA) is 65.4 Å². The highest BCUT2D eigenvalue weighted by molar-refractivity contribution is 5.96. The van der Waals surface area contributed by atoms with E-state index in [0.29, 0.717) is 0 Å². The summed E-state index contributed by atoms with van der Waals surface area (Å²) < 4.78 is 0. The second kappa shape index (κ2) is 3.97. The lowest BCUT2D eigenvalue weighted by atomic mass is 10.1. The molecule has 0 spiro atoms. The van der Waals surface area contributed by atoms with Crippen molar-refractivity contribution in [2.45, 2.75) is 6.92 Å². The average molecular weight is 234 g/mol. The average Bonchev–Trinajstić information content (AvgIpc) is 2.74. The Balaban J connectivity index is 2.31. The lowest BCUT2D eigenvalue weighted by Crippen LogP contribution is -1.91. The van der Waals surface area contributed by atoms with Crippen molar-refractivity contribution in [1.82, 2.24) is 15.0 Å². The molecule has 0 aliphatic heterocycles. The number of nitrogens with zero attached hydrogens (tertiary/aromatic N) is 3. The summed E-state index contributed by atoms with van der Waals surface area (Å²) in [6.45, 7) is 2.00. The second-order valence-corrected chi connectivity index (χ2v) is 4.05. The normalized spacial score (nSPS) is 10.4. The van der Waals surface area contributed by atoms with Crippen molar-refractivity contribution in [2.24, 2.45) is 0 Å². The fourth-order valence-corrected chi connectivity index (χ4v) is 2.16. The van der Waals surface area contributed by atoms with Gasteiger partial charge >= 0.3 is 0 Å². The van der Waals surface area contributed by atoms with E-state index in [9.17, 15) is 0 Å². The number of rotatable bonds is 1. The van der Waals surface area contributed by atoms with E-state index in [1.54, 1.807) is 6.20 Å². The standard InChI is InChI=1S/C14H10N4/c1-9-14(10-4-2-3-5-11(10)17-9)12-6-7-16-13(8-15)18-12/h2-7,17H,1H3. The lowest BCUT2D eigenvalue weighted by Gasteiger charge is -2.00. The van der Waals surface area contributed by atoms with E-state index in [0.717, 1.165) is 27.9 Å². The monoisotopic (exact) mass is 234 g/mol. The van der Waals surface area contributed by atoms with Gasteiger partial charge in [0.15, 0.2) is 0 Å². The molecule has 0 aliphatic carbocycles. The minimum absolute atomic E-state index is 0.192. The fourth-order valence-electron chi connectivity index (χ4n) is 2.16. The zero-order valence-corrected chi connectivity index (χ0v) is 9.81. The van der Waals surface area contributed by atoms with Crippen molar-refractivity contribution in [2.75, 3.05) is 0 Å². The predicted molar refractivity (Wildman–Crippen MR) is 68.8 cm³/mol. The number of nitriles is 1. The smallest absolute Gasteiger partial charge is 0.232 e. The maximum Gasteiger partial charge on any atom is 0.232 e. The number of hydrogen-bond donors (Lipinski definition) is 1. The molecule has 2 aromatic heterocycles. The van der Waals surface area contributed by atoms with Crippen LogP contribution in [0.15, 0.2) is 36.5 Å². The molecule has 1 N–H and O–H groups in total. The second-order valence-electron chi connectivity index (χ2n) is 4.05. The molecule has 0 atom stereocenters. The van der Waals surface area contributed by atoms with E-state index < -0.39 is 0 Å². The molecular weight excluding hydrogens is 224 g/mol. The predicted octanol–water partition coefficient (Wildman–Crippen LogP) is 2.81. The van der Waals surface area contributed by atoms with E-state index in [-0.39, 0.29) is 5.82 Å². The highest BCUT2D eigenvalue weighted by atomic mass is 14.9. The van der Waals surface area contributed by atoms with Gasteiger partial charge in [-0.1, -0.05) is 18.2 Å². The summed E-state index contributed by atoms with van der Waals surface area (Å²) in [5.74, 6) is 0.192. The molecule has 4 nitrogen and oxygen atoms in total. The van der Waals surface area contributed by atoms with Crippen LogP contribution in [0.4, 0.5) is 0 Å². The first-order valence-corrected chi connectivity index (χ1v) is 5.60. The van der Waals surface area contributed by atoms with E-state index >= 15 is 0 Å². The molecule has 0 fully saturated rings. The Morgan fingerprint density at radius 2 is 2.06 bits per heavy atom. The van der Waals surface area contributed by atoms with Crippen molar-refractivity contribution in [1.29, 1.82) is 5.26 Å². The molecule has 3 rings (SSSR count). The van der Waals surface area contributed by atoms with Crippen LogP contribution >= 0.6 is 0 Å². The van der Waals surface area contributed by atoms with Crippen LogP contribution in [0, 0.1) is 18.3 Å². The fraction of sp³-hybridized carbons (Fsp3) is 0.0714. The van der Waals surface area contributed by atoms with Crippen LogP contribution < -0.4 is 0 Å². The Labute approximate surface area is 104 Å². The first-order chi connectivity index (χ1) is 8.79. The summed E-state index contributed by atoms with van der Waals surface area (Å²) in [5, 5.41) is 9.97. The number of para-hydroxylation sites is 1. The van der Waals surface area contributed by atoms with Gasteiger partial charge in [0, 0.05) is 28.4 Å². The quantitative estimate of drug-likeness (QED) is 0.704. The summed E-state index contributed by atoms with van der Waals surface area (Å²) in [6, 6.07) is 11.8. The van der Waals surface area contributed by atoms with Gasteiger partial charge in [0.05, 0.1) is 5.69 Å². The van der Waals surface area contributed by atoms with Gasteiger partial charge in [-0.2, -0.15) is 5.26 Å². The Kier molecular flexibility index (Phi) is 2.31.